The molecule has 1 amide bonds. The topological polar surface area (TPSA) is 92.8 Å². The molecule has 0 saturated heterocycles. The third-order valence-electron chi connectivity index (χ3n) is 4.81. The molecule has 2 aromatic rings. The van der Waals surface area contributed by atoms with Crippen LogP contribution >= 0.6 is 11.3 Å². The molecule has 0 bridgehead atoms. The van der Waals surface area contributed by atoms with E-state index in [1.54, 1.807) is 4.90 Å². The van der Waals surface area contributed by atoms with E-state index in [1.165, 1.54) is 11.4 Å². The van der Waals surface area contributed by atoms with Crippen LogP contribution in [0.4, 0.5) is 5.69 Å². The summed E-state index contributed by atoms with van der Waals surface area (Å²) in [6, 6.07) is 8.92. The molecular weight excluding hydrogens is 400 g/mol. The number of carbonyl (C=O) groups is 2. The van der Waals surface area contributed by atoms with Gasteiger partial charge in [0.2, 0.25) is 10.0 Å². The zero-order valence-electron chi connectivity index (χ0n) is 15.3. The van der Waals surface area contributed by atoms with Gasteiger partial charge >= 0.3 is 5.97 Å². The summed E-state index contributed by atoms with van der Waals surface area (Å²) in [5, 5.41) is 1.53. The highest BCUT2D eigenvalue weighted by atomic mass is 32.2. The Kier molecular flexibility index (Phi) is 4.98. The van der Waals surface area contributed by atoms with Gasteiger partial charge in [0.25, 0.3) is 5.91 Å². The molecule has 0 radical (unpaired) electrons. The number of esters is 1. The lowest BCUT2D eigenvalue weighted by Gasteiger charge is -2.22. The minimum atomic E-state index is -3.77. The highest BCUT2D eigenvalue weighted by molar-refractivity contribution is 7.89. The summed E-state index contributed by atoms with van der Waals surface area (Å²) in [6.45, 7) is 1.50. The van der Waals surface area contributed by atoms with E-state index >= 15 is 0 Å². The van der Waals surface area contributed by atoms with Crippen molar-refractivity contribution in [3.05, 3.63) is 46.2 Å². The Balaban J connectivity index is 1.44. The largest absolute Gasteiger partial charge is 0.451 e. The highest BCUT2D eigenvalue weighted by Crippen LogP contribution is 2.32. The standard InChI is InChI=1S/C19H20N2O5S2/c1-12-10-13-4-2-3-5-15(13)21(12)17(22)11-26-19(23)18-16(8-9-27-18)28(24,25)20-14-6-7-14/h2-5,8-9,12,14,20H,6-7,10-11H2,1H3/t12-/m1/s1. The summed E-state index contributed by atoms with van der Waals surface area (Å²) in [5.74, 6) is -1.14. The number of anilines is 1. The number of para-hydroxylation sites is 1. The van der Waals surface area contributed by atoms with Crippen molar-refractivity contribution in [2.24, 2.45) is 0 Å². The van der Waals surface area contributed by atoms with Gasteiger partial charge in [-0.15, -0.1) is 11.3 Å². The molecule has 148 valence electrons. The smallest absolute Gasteiger partial charge is 0.350 e. The van der Waals surface area contributed by atoms with E-state index in [2.05, 4.69) is 4.72 Å². The highest BCUT2D eigenvalue weighted by Gasteiger charge is 2.33. The first-order valence-electron chi connectivity index (χ1n) is 9.04. The molecule has 7 nitrogen and oxygen atoms in total. The van der Waals surface area contributed by atoms with Crippen LogP contribution < -0.4 is 9.62 Å². The van der Waals surface area contributed by atoms with Gasteiger partial charge in [-0.1, -0.05) is 18.2 Å². The first-order chi connectivity index (χ1) is 13.4. The molecule has 1 saturated carbocycles. The number of thiophene rings is 1. The van der Waals surface area contributed by atoms with Crippen molar-refractivity contribution in [2.75, 3.05) is 11.5 Å². The normalized spacial score (nSPS) is 18.8. The fourth-order valence-corrected chi connectivity index (χ4v) is 5.97. The van der Waals surface area contributed by atoms with Gasteiger partial charge in [-0.25, -0.2) is 17.9 Å². The van der Waals surface area contributed by atoms with Gasteiger partial charge in [0.05, 0.1) is 0 Å². The molecule has 2 aliphatic rings. The zero-order valence-corrected chi connectivity index (χ0v) is 16.9. The summed E-state index contributed by atoms with van der Waals surface area (Å²) >= 11 is 0.986. The number of fused-ring (bicyclic) bond motifs is 1. The third kappa shape index (κ3) is 3.69. The molecule has 1 aromatic carbocycles. The lowest BCUT2D eigenvalue weighted by Crippen LogP contribution is -2.38. The molecule has 4 rings (SSSR count). The van der Waals surface area contributed by atoms with E-state index < -0.39 is 22.6 Å². The average molecular weight is 421 g/mol. The van der Waals surface area contributed by atoms with Crippen LogP contribution in [0, 0.1) is 0 Å². The molecule has 1 atom stereocenters. The average Bonchev–Trinajstić information content (AvgIpc) is 3.19. The first-order valence-corrected chi connectivity index (χ1v) is 11.4. The summed E-state index contributed by atoms with van der Waals surface area (Å²) in [5.41, 5.74) is 1.90. The summed E-state index contributed by atoms with van der Waals surface area (Å²) < 4.78 is 32.5. The maximum Gasteiger partial charge on any atom is 0.350 e. The van der Waals surface area contributed by atoms with Gasteiger partial charge in [0.15, 0.2) is 6.61 Å². The maximum absolute atomic E-state index is 12.6. The van der Waals surface area contributed by atoms with Crippen LogP contribution in [-0.4, -0.2) is 39.0 Å². The van der Waals surface area contributed by atoms with Crippen LogP contribution in [0.5, 0.6) is 0 Å². The number of hydrogen-bond acceptors (Lipinski definition) is 6. The Morgan fingerprint density at radius 3 is 2.75 bits per heavy atom. The van der Waals surface area contributed by atoms with E-state index in [0.29, 0.717) is 0 Å². The van der Waals surface area contributed by atoms with Gasteiger partial charge in [0, 0.05) is 17.8 Å². The second-order valence-electron chi connectivity index (χ2n) is 7.03. The Bertz CT molecular complexity index is 1030. The number of nitrogens with one attached hydrogen (secondary N) is 1. The number of hydrogen-bond donors (Lipinski definition) is 1. The molecule has 1 aliphatic heterocycles. The van der Waals surface area contributed by atoms with Crippen LogP contribution in [-0.2, 0) is 26.0 Å². The van der Waals surface area contributed by atoms with Gasteiger partial charge < -0.3 is 9.64 Å². The Morgan fingerprint density at radius 1 is 1.25 bits per heavy atom. The lowest BCUT2D eigenvalue weighted by atomic mass is 10.1. The fourth-order valence-electron chi connectivity index (χ4n) is 3.35. The summed E-state index contributed by atoms with van der Waals surface area (Å²) in [7, 11) is -3.77. The van der Waals surface area contributed by atoms with Crippen molar-refractivity contribution in [1.29, 1.82) is 0 Å². The maximum atomic E-state index is 12.6. The molecule has 1 N–H and O–H groups in total. The molecule has 1 fully saturated rings. The molecule has 0 spiro atoms. The number of amides is 1. The number of sulfonamides is 1. The van der Waals surface area contributed by atoms with Gasteiger partial charge in [-0.3, -0.25) is 4.79 Å². The fraction of sp³-hybridized carbons (Fsp3) is 0.368. The minimum Gasteiger partial charge on any atom is -0.451 e. The molecule has 9 heteroatoms. The van der Waals surface area contributed by atoms with Crippen LogP contribution in [0.1, 0.15) is 35.0 Å². The van der Waals surface area contributed by atoms with Crippen molar-refractivity contribution in [2.45, 2.75) is 43.2 Å². The number of nitrogens with zero attached hydrogens (tertiary/aromatic N) is 1. The van der Waals surface area contributed by atoms with E-state index in [1.807, 2.05) is 31.2 Å². The van der Waals surface area contributed by atoms with Crippen LogP contribution in [0.3, 0.4) is 0 Å². The summed E-state index contributed by atoms with van der Waals surface area (Å²) in [4.78, 5) is 26.6. The summed E-state index contributed by atoms with van der Waals surface area (Å²) in [6.07, 6.45) is 2.34. The second-order valence-corrected chi connectivity index (χ2v) is 9.63. The molecule has 1 aliphatic carbocycles. The predicted octanol–water partition coefficient (Wildman–Crippen LogP) is 2.32. The van der Waals surface area contributed by atoms with Crippen LogP contribution in [0.2, 0.25) is 0 Å². The Morgan fingerprint density at radius 2 is 2.00 bits per heavy atom. The van der Waals surface area contributed by atoms with Gasteiger partial charge in [-0.05, 0) is 49.3 Å². The molecule has 0 unspecified atom stereocenters. The minimum absolute atomic E-state index is 0.0178. The van der Waals surface area contributed by atoms with E-state index in [-0.39, 0.29) is 27.8 Å². The Labute approximate surface area is 167 Å². The van der Waals surface area contributed by atoms with Crippen molar-refractivity contribution >= 4 is 38.9 Å². The quantitative estimate of drug-likeness (QED) is 0.724. The van der Waals surface area contributed by atoms with Gasteiger partial charge in [-0.2, -0.15) is 0 Å². The second kappa shape index (κ2) is 7.31. The third-order valence-corrected chi connectivity index (χ3v) is 7.39. The van der Waals surface area contributed by atoms with E-state index in [4.69, 9.17) is 4.74 Å². The molecule has 1 aromatic heterocycles. The van der Waals surface area contributed by atoms with Crippen LogP contribution in [0.15, 0.2) is 40.6 Å². The number of benzene rings is 1. The van der Waals surface area contributed by atoms with Crippen molar-refractivity contribution < 1.29 is 22.7 Å². The zero-order chi connectivity index (χ0) is 19.9. The number of ether oxygens (including phenoxy) is 1. The first kappa shape index (κ1) is 19.1. The van der Waals surface area contributed by atoms with E-state index in [9.17, 15) is 18.0 Å². The molecular formula is C19H20N2O5S2. The van der Waals surface area contributed by atoms with Crippen molar-refractivity contribution in [3.63, 3.8) is 0 Å². The van der Waals surface area contributed by atoms with Crippen LogP contribution in [0.25, 0.3) is 0 Å². The SMILES string of the molecule is C[C@@H]1Cc2ccccc2N1C(=O)COC(=O)c1sccc1S(=O)(=O)NC1CC1. The lowest BCUT2D eigenvalue weighted by molar-refractivity contribution is -0.122. The molecule has 2 heterocycles. The monoisotopic (exact) mass is 420 g/mol. The van der Waals surface area contributed by atoms with Crippen molar-refractivity contribution in [3.8, 4) is 0 Å². The van der Waals surface area contributed by atoms with E-state index in [0.717, 1.165) is 41.9 Å². The number of rotatable bonds is 6. The Hall–Kier alpha value is -2.23. The van der Waals surface area contributed by atoms with Gasteiger partial charge in [0.1, 0.15) is 9.77 Å². The predicted molar refractivity (Wildman–Crippen MR) is 105 cm³/mol. The molecule has 28 heavy (non-hydrogen) atoms. The van der Waals surface area contributed by atoms with Crippen molar-refractivity contribution in [1.82, 2.24) is 4.72 Å². The number of carbonyl (C=O) groups excluding carboxylic acids is 2.